The van der Waals surface area contributed by atoms with Crippen LogP contribution in [0.5, 0.6) is 5.75 Å². The van der Waals surface area contributed by atoms with Gasteiger partial charge in [0.2, 0.25) is 0 Å². The maximum absolute atomic E-state index is 13.2. The summed E-state index contributed by atoms with van der Waals surface area (Å²) in [5.74, 6) is -6.29. The monoisotopic (exact) mass is 1020 g/mol. The molecule has 0 radical (unpaired) electrons. The molecule has 3 rings (SSSR count). The van der Waals surface area contributed by atoms with Gasteiger partial charge in [0.15, 0.2) is 11.9 Å². The quantitative estimate of drug-likeness (QED) is 0.154. The molecule has 0 aliphatic carbocycles. The number of esters is 3. The number of pyridine rings is 1. The first-order valence-electron chi connectivity index (χ1n) is 14.0. The molecule has 0 amide bonds. The number of cyclic esters (lactones) is 2. The van der Waals surface area contributed by atoms with Crippen molar-refractivity contribution in [3.8, 4) is 5.75 Å². The number of ether oxygens (including phenoxy) is 3. The molecule has 1 aromatic carbocycles. The number of carbonyl (C=O) groups excluding carboxylic acids is 4. The van der Waals surface area contributed by atoms with Crippen LogP contribution < -0.4 is 121 Å². The number of rotatable bonds is 8. The van der Waals surface area contributed by atoms with Crippen molar-refractivity contribution in [2.45, 2.75) is 52.4 Å². The average Bonchev–Trinajstić information content (AvgIpc) is 3.01. The van der Waals surface area contributed by atoms with Crippen LogP contribution in [-0.4, -0.2) is 188 Å². The average molecular weight is 1030 g/mol. The second-order valence-electron chi connectivity index (χ2n) is 9.25. The Morgan fingerprint density at radius 2 is 1.70 bits per heavy atom. The van der Waals surface area contributed by atoms with Crippen LogP contribution in [0.4, 0.5) is 0 Å². The minimum absolute atomic E-state index is 0. The summed E-state index contributed by atoms with van der Waals surface area (Å²) in [5.41, 5.74) is 0.357. The Morgan fingerprint density at radius 1 is 1.09 bits per heavy atom. The number of ketones is 1. The van der Waals surface area contributed by atoms with Crippen LogP contribution in [0.25, 0.3) is 0 Å². The van der Waals surface area contributed by atoms with E-state index in [0.717, 1.165) is 141 Å². The van der Waals surface area contributed by atoms with E-state index in [1.807, 2.05) is 18.2 Å². The van der Waals surface area contributed by atoms with Crippen molar-refractivity contribution in [2.24, 2.45) is 17.8 Å². The molecule has 2 unspecified atom stereocenters. The van der Waals surface area contributed by atoms with Crippen LogP contribution in [0.15, 0.2) is 42.6 Å². The maximum atomic E-state index is 13.2. The number of Topliss-reactive ketones (excluding diaryl/α,β-unsaturated/α-hetero) is 1. The Bertz CT molecular complexity index is 1160. The first kappa shape index (κ1) is 52.1. The van der Waals surface area contributed by atoms with E-state index in [-0.39, 0.29) is 130 Å². The summed E-state index contributed by atoms with van der Waals surface area (Å²) in [6.07, 6.45) is -1.28. The fourth-order valence-corrected chi connectivity index (χ4v) is 3.96. The van der Waals surface area contributed by atoms with Crippen molar-refractivity contribution in [3.05, 3.63) is 59.4 Å². The normalized spacial score (nSPS) is 19.6. The predicted octanol–water partition coefficient (Wildman–Crippen LogP) is -5.65. The fourth-order valence-electron chi connectivity index (χ4n) is 3.96. The molecule has 0 saturated carbocycles. The van der Waals surface area contributed by atoms with Crippen molar-refractivity contribution in [1.82, 2.24) is 4.98 Å². The first-order valence-corrected chi connectivity index (χ1v) is 82.0. The molecule has 0 bridgehead atoms. The second-order valence-corrected chi connectivity index (χ2v) is 9.25. The zero-order valence-electron chi connectivity index (χ0n) is 27.9. The molecule has 16 heteroatoms. The molecule has 1 fully saturated rings. The number of carbonyl (C=O) groups is 4. The van der Waals surface area contributed by atoms with Gasteiger partial charge in [0, 0.05) is 12.6 Å². The van der Waals surface area contributed by atoms with Crippen LogP contribution >= 0.6 is 0 Å². The fraction of sp³-hybridized carbons (Fsp3) is 0.444. The van der Waals surface area contributed by atoms with Gasteiger partial charge in [-0.25, -0.2) is 0 Å². The van der Waals surface area contributed by atoms with Gasteiger partial charge in [-0.3, -0.25) is 24.2 Å². The Labute approximate surface area is 450 Å². The molecule has 0 spiro atoms. The topological polar surface area (TPSA) is 152 Å². The molecule has 2 aromatic rings. The van der Waals surface area contributed by atoms with Crippen molar-refractivity contribution in [2.75, 3.05) is 6.61 Å². The number of hydrogen-bond donors (Lipinski definition) is 1. The van der Waals surface area contributed by atoms with Gasteiger partial charge in [0.1, 0.15) is 18.6 Å². The van der Waals surface area contributed by atoms with E-state index in [1.54, 1.807) is 26.0 Å². The molecule has 1 aliphatic rings. The number of aromatic nitrogens is 1. The van der Waals surface area contributed by atoms with Gasteiger partial charge in [-0.05, 0) is 30.5 Å². The van der Waals surface area contributed by atoms with E-state index >= 15 is 0 Å². The van der Waals surface area contributed by atoms with Crippen LogP contribution in [-0.2, 0) is 41.6 Å². The van der Waals surface area contributed by atoms with Crippen LogP contribution in [0.1, 0.15) is 50.2 Å². The molecule has 1 aliphatic heterocycles. The number of aliphatic hydroxyl groups is 1. The summed E-state index contributed by atoms with van der Waals surface area (Å²) in [6.45, 7) is 3.75. The van der Waals surface area contributed by atoms with Crippen molar-refractivity contribution >= 4 is 159 Å². The molecular weight excluding hydrogens is 995 g/mol. The zero-order chi connectivity index (χ0) is 31.1. The Kier molecular flexibility index (Phi) is 36.8. The summed E-state index contributed by atoms with van der Waals surface area (Å²) in [4.78, 5) is 55.3. The molecule has 4 atom stereocenters. The number of aliphatic hydroxyl groups excluding tert-OH is 1. The van der Waals surface area contributed by atoms with E-state index in [4.69, 9.17) is 14.2 Å². The van der Waals surface area contributed by atoms with Gasteiger partial charge in [0.25, 0.3) is 0 Å². The van der Waals surface area contributed by atoms with E-state index in [1.165, 1.54) is 19.2 Å². The molecule has 1 saturated heterocycles. The summed E-state index contributed by atoms with van der Waals surface area (Å²) in [5, 5.41) is 21.7. The summed E-state index contributed by atoms with van der Waals surface area (Å²) in [7, 11) is 0. The van der Waals surface area contributed by atoms with Crippen LogP contribution in [0, 0.1) is 17.8 Å². The summed E-state index contributed by atoms with van der Waals surface area (Å²) >= 11 is 4.64. The third-order valence-electron chi connectivity index (χ3n) is 6.10. The molecule has 43 heavy (non-hydrogen) atoms. The van der Waals surface area contributed by atoms with Crippen LogP contribution in [0.3, 0.4) is 0 Å². The van der Waals surface area contributed by atoms with Gasteiger partial charge >= 0.3 is 270 Å². The Hall–Kier alpha value is 7.04. The molecule has 204 valence electrons. The summed E-state index contributed by atoms with van der Waals surface area (Å²) < 4.78 is 16.6. The van der Waals surface area contributed by atoms with E-state index in [0.29, 0.717) is 0 Å². The predicted molar refractivity (Wildman–Crippen MR) is 151 cm³/mol. The molecule has 1 aromatic heterocycles. The van der Waals surface area contributed by atoms with Gasteiger partial charge in [-0.2, -0.15) is 0 Å². The van der Waals surface area contributed by atoms with Gasteiger partial charge < -0.3 is 25.9 Å². The van der Waals surface area contributed by atoms with Gasteiger partial charge in [0.05, 0.1) is 24.1 Å². The number of nitrogens with zero attached hydrogens (tertiary/aromatic N) is 1. The number of hydrogen-bond acceptors (Lipinski definition) is 10. The third-order valence-corrected chi connectivity index (χ3v) is 6.10. The standard InChI is InChI=1S/C27H31NO9.6Rb.H/c1-15(2)25(32)37-24-16(3)36-26(33)19(12-21(30)22-23(31)18(13-29)9-10-28-22)14-35-27(34)20(24)11-17-7-5-4-6-8-17;;;;;;;/h4-10,15-16,19-20,24,29,31H,11-14H2,1-3H3;;;;;;;/q;;;;;2*+1;-1/p-1/t16-,19?,20+,24?;;;;;;;/m0......./s1. The summed E-state index contributed by atoms with van der Waals surface area (Å²) in [6, 6.07) is 10.4. The number of benzene rings is 1. The second kappa shape index (κ2) is 30.4. The molecule has 1 N–H and O–H groups in total. The zero-order valence-corrected chi connectivity index (χ0v) is 56.4. The molecule has 2 heterocycles. The van der Waals surface area contributed by atoms with E-state index in [2.05, 4.69) is 4.98 Å². The van der Waals surface area contributed by atoms with E-state index < -0.39 is 84.7 Å². The van der Waals surface area contributed by atoms with Gasteiger partial charge in [-0.1, -0.05) is 49.9 Å². The molecule has 10 nitrogen and oxygen atoms in total. The third kappa shape index (κ3) is 18.8. The minimum atomic E-state index is -1.21. The van der Waals surface area contributed by atoms with Crippen LogP contribution in [0.2, 0.25) is 0 Å². The first-order chi connectivity index (χ1) is 19.6. The van der Waals surface area contributed by atoms with Crippen molar-refractivity contribution in [1.29, 1.82) is 0 Å². The van der Waals surface area contributed by atoms with E-state index in [9.17, 15) is 29.4 Å². The Morgan fingerprint density at radius 3 is 2.26 bits per heavy atom. The SMILES string of the molecule is CC(C)C(=O)OC1[C@H](C)OC(=O)C(CC(=O)c2nccc(CO)c2[O-])COC(=O)[C@@H]1Cc1ccccc1.[H-].[Rb+].[Rb+].[Rb][Rb].[Rb][Rb]. The Balaban J connectivity index is -0.00000230. The van der Waals surface area contributed by atoms with Gasteiger partial charge in [-0.15, -0.1) is 0 Å². The molecular formula is C27H31NO9Rb6. The van der Waals surface area contributed by atoms with Crippen molar-refractivity contribution < 1.29 is 161 Å². The van der Waals surface area contributed by atoms with Crippen molar-refractivity contribution in [3.63, 3.8) is 0 Å².